The number of amides is 2. The van der Waals surface area contributed by atoms with E-state index >= 15 is 4.39 Å². The van der Waals surface area contributed by atoms with Crippen LogP contribution in [0.1, 0.15) is 41.6 Å². The predicted molar refractivity (Wildman–Crippen MR) is 159 cm³/mol. The van der Waals surface area contributed by atoms with Crippen LogP contribution in [0.2, 0.25) is 0 Å². The van der Waals surface area contributed by atoms with Gasteiger partial charge in [-0.2, -0.15) is 0 Å². The van der Waals surface area contributed by atoms with Crippen molar-refractivity contribution >= 4 is 23.2 Å². The van der Waals surface area contributed by atoms with Crippen molar-refractivity contribution in [1.82, 2.24) is 5.32 Å². The average molecular weight is 536 g/mol. The molecule has 1 aliphatic rings. The van der Waals surface area contributed by atoms with Crippen LogP contribution in [0.15, 0.2) is 103 Å². The maximum absolute atomic E-state index is 15.3. The van der Waals surface area contributed by atoms with Gasteiger partial charge in [0.2, 0.25) is 5.91 Å². The molecule has 1 atom stereocenters. The number of anilines is 2. The smallest absolute Gasteiger partial charge is 0.256 e. The Hall–Kier alpha value is -4.45. The van der Waals surface area contributed by atoms with Gasteiger partial charge in [0.05, 0.1) is 11.6 Å². The third kappa shape index (κ3) is 6.07. The van der Waals surface area contributed by atoms with Crippen LogP contribution in [0.25, 0.3) is 11.1 Å². The van der Waals surface area contributed by atoms with Crippen molar-refractivity contribution in [2.75, 3.05) is 29.9 Å². The molecule has 0 spiro atoms. The number of hydrogen-bond donors (Lipinski definition) is 2. The topological polar surface area (TPSA) is 61.4 Å². The van der Waals surface area contributed by atoms with Gasteiger partial charge in [0.1, 0.15) is 5.82 Å². The minimum atomic E-state index is -0.379. The van der Waals surface area contributed by atoms with Crippen LogP contribution in [0, 0.1) is 11.7 Å². The number of benzene rings is 4. The molecular formula is C34H34FN3O2. The highest BCUT2D eigenvalue weighted by Crippen LogP contribution is 2.35. The number of rotatable bonds is 8. The van der Waals surface area contributed by atoms with E-state index in [0.29, 0.717) is 36.6 Å². The van der Waals surface area contributed by atoms with Crippen molar-refractivity contribution in [3.05, 3.63) is 120 Å². The van der Waals surface area contributed by atoms with Gasteiger partial charge in [-0.05, 0) is 66.6 Å². The Bertz CT molecular complexity index is 1450. The number of nitrogens with one attached hydrogen (secondary N) is 2. The van der Waals surface area contributed by atoms with Crippen LogP contribution < -0.4 is 15.5 Å². The Morgan fingerprint density at radius 1 is 0.875 bits per heavy atom. The molecule has 1 saturated heterocycles. The molecule has 204 valence electrons. The number of carbonyl (C=O) groups excluding carboxylic acids is 2. The van der Waals surface area contributed by atoms with Crippen LogP contribution in [0.3, 0.4) is 0 Å². The molecule has 6 heteroatoms. The zero-order valence-corrected chi connectivity index (χ0v) is 22.6. The molecular weight excluding hydrogens is 501 g/mol. The quantitative estimate of drug-likeness (QED) is 0.259. The molecule has 1 unspecified atom stereocenters. The highest BCUT2D eigenvalue weighted by molar-refractivity contribution is 6.08. The largest absolute Gasteiger partial charge is 0.369 e. The molecule has 2 N–H and O–H groups in total. The van der Waals surface area contributed by atoms with Gasteiger partial charge in [0, 0.05) is 30.9 Å². The fourth-order valence-electron chi connectivity index (χ4n) is 5.65. The highest BCUT2D eigenvalue weighted by Gasteiger charge is 2.33. The predicted octanol–water partition coefficient (Wildman–Crippen LogP) is 6.88. The number of piperidine rings is 1. The summed E-state index contributed by atoms with van der Waals surface area (Å²) in [5.41, 5.74) is 4.23. The van der Waals surface area contributed by atoms with Gasteiger partial charge in [0.25, 0.3) is 5.91 Å². The second-order valence-electron chi connectivity index (χ2n) is 10.1. The molecule has 0 aliphatic carbocycles. The van der Waals surface area contributed by atoms with Gasteiger partial charge in [-0.25, -0.2) is 4.39 Å². The van der Waals surface area contributed by atoms with Crippen LogP contribution >= 0.6 is 0 Å². The van der Waals surface area contributed by atoms with E-state index in [9.17, 15) is 9.59 Å². The highest BCUT2D eigenvalue weighted by atomic mass is 19.1. The third-order valence-electron chi connectivity index (χ3n) is 7.61. The lowest BCUT2D eigenvalue weighted by atomic mass is 9.79. The van der Waals surface area contributed by atoms with Crippen LogP contribution in [-0.4, -0.2) is 31.4 Å². The van der Waals surface area contributed by atoms with E-state index < -0.39 is 0 Å². The normalized spacial score (nSPS) is 14.4. The zero-order valence-electron chi connectivity index (χ0n) is 22.6. The van der Waals surface area contributed by atoms with Gasteiger partial charge in [0.15, 0.2) is 0 Å². The Labute approximate surface area is 235 Å². The number of carbonyl (C=O) groups is 2. The maximum atomic E-state index is 15.3. The van der Waals surface area contributed by atoms with Crippen molar-refractivity contribution in [3.63, 3.8) is 0 Å². The SMILES string of the molecule is CCNC(=O)C(c1ccccc1)C1CCN(c2ccc(NC(=O)c3ccccc3-c3ccccc3)cc2F)CC1. The number of hydrogen-bond acceptors (Lipinski definition) is 3. The molecule has 4 aromatic carbocycles. The van der Waals surface area contributed by atoms with Crippen molar-refractivity contribution < 1.29 is 14.0 Å². The second kappa shape index (κ2) is 12.6. The van der Waals surface area contributed by atoms with E-state index in [4.69, 9.17) is 0 Å². The van der Waals surface area contributed by atoms with Gasteiger partial charge >= 0.3 is 0 Å². The van der Waals surface area contributed by atoms with Crippen LogP contribution in [-0.2, 0) is 4.79 Å². The minimum Gasteiger partial charge on any atom is -0.369 e. The molecule has 5 nitrogen and oxygen atoms in total. The third-order valence-corrected chi connectivity index (χ3v) is 7.61. The number of halogens is 1. The molecule has 4 aromatic rings. The minimum absolute atomic E-state index is 0.0484. The first-order chi connectivity index (χ1) is 19.5. The van der Waals surface area contributed by atoms with Gasteiger partial charge in [-0.1, -0.05) is 78.9 Å². The number of nitrogens with zero attached hydrogens (tertiary/aromatic N) is 1. The average Bonchev–Trinajstić information content (AvgIpc) is 2.99. The summed E-state index contributed by atoms with van der Waals surface area (Å²) in [6, 6.07) is 31.9. The van der Waals surface area contributed by atoms with E-state index in [2.05, 4.69) is 10.6 Å². The lowest BCUT2D eigenvalue weighted by molar-refractivity contribution is -0.123. The molecule has 5 rings (SSSR count). The maximum Gasteiger partial charge on any atom is 0.256 e. The molecule has 1 aliphatic heterocycles. The second-order valence-corrected chi connectivity index (χ2v) is 10.1. The summed E-state index contributed by atoms with van der Waals surface area (Å²) in [6.07, 6.45) is 1.57. The van der Waals surface area contributed by atoms with E-state index in [1.165, 1.54) is 6.07 Å². The monoisotopic (exact) mass is 535 g/mol. The Kier molecular flexibility index (Phi) is 8.55. The van der Waals surface area contributed by atoms with Gasteiger partial charge in [-0.15, -0.1) is 0 Å². The molecule has 0 bridgehead atoms. The molecule has 0 saturated carbocycles. The molecule has 0 radical (unpaired) electrons. The standard InChI is InChI=1S/C34H34FN3O2/c1-2-36-34(40)32(25-13-7-4-8-14-25)26-19-21-38(22-20-26)31-18-17-27(23-30(31)35)37-33(39)29-16-10-9-15-28(29)24-11-5-3-6-12-24/h3-18,23,26,32H,2,19-22H2,1H3,(H,36,40)(H,37,39). The molecule has 2 amide bonds. The molecule has 1 fully saturated rings. The fraction of sp³-hybridized carbons (Fsp3) is 0.235. The van der Waals surface area contributed by atoms with Gasteiger partial charge < -0.3 is 15.5 Å². The summed E-state index contributed by atoms with van der Waals surface area (Å²) in [5.74, 6) is -0.658. The summed E-state index contributed by atoms with van der Waals surface area (Å²) < 4.78 is 15.3. The summed E-state index contributed by atoms with van der Waals surface area (Å²) >= 11 is 0. The van der Waals surface area contributed by atoms with E-state index in [1.807, 2.05) is 90.7 Å². The Morgan fingerprint density at radius 2 is 1.52 bits per heavy atom. The molecule has 1 heterocycles. The van der Waals surface area contributed by atoms with E-state index in [0.717, 1.165) is 29.5 Å². The van der Waals surface area contributed by atoms with Crippen molar-refractivity contribution in [2.45, 2.75) is 25.7 Å². The summed E-state index contributed by atoms with van der Waals surface area (Å²) in [6.45, 7) is 3.83. The Balaban J connectivity index is 1.26. The van der Waals surface area contributed by atoms with Crippen LogP contribution in [0.5, 0.6) is 0 Å². The first kappa shape index (κ1) is 27.1. The van der Waals surface area contributed by atoms with E-state index in [1.54, 1.807) is 18.2 Å². The first-order valence-electron chi connectivity index (χ1n) is 13.9. The Morgan fingerprint density at radius 3 is 2.20 bits per heavy atom. The van der Waals surface area contributed by atoms with Crippen molar-refractivity contribution in [2.24, 2.45) is 5.92 Å². The van der Waals surface area contributed by atoms with E-state index in [-0.39, 0.29) is 29.5 Å². The zero-order chi connectivity index (χ0) is 27.9. The first-order valence-corrected chi connectivity index (χ1v) is 13.9. The molecule has 0 aromatic heterocycles. The lowest BCUT2D eigenvalue weighted by Gasteiger charge is -2.37. The van der Waals surface area contributed by atoms with Crippen LogP contribution in [0.4, 0.5) is 15.8 Å². The van der Waals surface area contributed by atoms with Crippen molar-refractivity contribution in [3.8, 4) is 11.1 Å². The lowest BCUT2D eigenvalue weighted by Crippen LogP contribution is -2.40. The fourth-order valence-corrected chi connectivity index (χ4v) is 5.65. The summed E-state index contributed by atoms with van der Waals surface area (Å²) in [4.78, 5) is 28.1. The summed E-state index contributed by atoms with van der Waals surface area (Å²) in [5, 5.41) is 5.85. The van der Waals surface area contributed by atoms with Gasteiger partial charge in [-0.3, -0.25) is 9.59 Å². The summed E-state index contributed by atoms with van der Waals surface area (Å²) in [7, 11) is 0. The van der Waals surface area contributed by atoms with Crippen molar-refractivity contribution in [1.29, 1.82) is 0 Å². The molecule has 40 heavy (non-hydrogen) atoms. The number of likely N-dealkylation sites (N-methyl/N-ethyl adjacent to an activating group) is 1.